The number of hydrogen-bond acceptors (Lipinski definition) is 3. The summed E-state index contributed by atoms with van der Waals surface area (Å²) < 4.78 is 42.2. The third-order valence-electron chi connectivity index (χ3n) is 5.06. The zero-order valence-electron chi connectivity index (χ0n) is 13.3. The van der Waals surface area contributed by atoms with Crippen LogP contribution >= 0.6 is 0 Å². The molecule has 0 bridgehead atoms. The lowest BCUT2D eigenvalue weighted by molar-refractivity contribution is -0.147. The molecule has 1 saturated carbocycles. The number of aromatic nitrogens is 4. The van der Waals surface area contributed by atoms with Crippen molar-refractivity contribution in [2.75, 3.05) is 0 Å². The molecule has 1 fully saturated rings. The van der Waals surface area contributed by atoms with Gasteiger partial charge in [-0.2, -0.15) is 13.2 Å². The molecule has 0 aliphatic heterocycles. The van der Waals surface area contributed by atoms with Gasteiger partial charge in [-0.05, 0) is 24.8 Å². The van der Waals surface area contributed by atoms with Crippen LogP contribution in [0.15, 0.2) is 18.5 Å². The first-order valence-electron chi connectivity index (χ1n) is 7.98. The first-order chi connectivity index (χ1) is 11.8. The van der Waals surface area contributed by atoms with E-state index in [-0.39, 0.29) is 17.9 Å². The molecule has 0 unspecified atom stereocenters. The van der Waals surface area contributed by atoms with Crippen LogP contribution in [0.25, 0.3) is 22.1 Å². The standard InChI is InChI=1S/C16H16F3N5O/c1-7-4-8(13(20)25)5-11(7)24-12-9-2-3-21-14(9)22-6-10(12)23-15(24)16(17,18)19/h2-3,6-8,11H,4-5H2,1H3,(H2,20,25)(H,21,22)/t7-,8+,11+/m1/s1. The van der Waals surface area contributed by atoms with E-state index in [9.17, 15) is 18.0 Å². The summed E-state index contributed by atoms with van der Waals surface area (Å²) in [6, 6.07) is 1.19. The van der Waals surface area contributed by atoms with Crippen LogP contribution in [0.1, 0.15) is 31.6 Å². The Kier molecular flexibility index (Phi) is 3.32. The number of rotatable bonds is 2. The topological polar surface area (TPSA) is 89.6 Å². The molecule has 0 spiro atoms. The second-order valence-electron chi connectivity index (χ2n) is 6.65. The Morgan fingerprint density at radius 2 is 2.16 bits per heavy atom. The number of fused-ring (bicyclic) bond motifs is 3. The lowest BCUT2D eigenvalue weighted by Gasteiger charge is -2.22. The van der Waals surface area contributed by atoms with Crippen LogP contribution in [0.2, 0.25) is 0 Å². The zero-order valence-corrected chi connectivity index (χ0v) is 13.3. The number of halogens is 3. The number of hydrogen-bond donors (Lipinski definition) is 2. The quantitative estimate of drug-likeness (QED) is 0.744. The molecule has 0 aromatic carbocycles. The summed E-state index contributed by atoms with van der Waals surface area (Å²) in [5.41, 5.74) is 6.46. The van der Waals surface area contributed by atoms with Crippen molar-refractivity contribution in [2.24, 2.45) is 17.6 Å². The van der Waals surface area contributed by atoms with Crippen LogP contribution in [0.4, 0.5) is 13.2 Å². The van der Waals surface area contributed by atoms with Crippen LogP contribution < -0.4 is 5.73 Å². The number of carbonyl (C=O) groups excluding carboxylic acids is 1. The Labute approximate surface area is 140 Å². The molecule has 6 nitrogen and oxygen atoms in total. The van der Waals surface area contributed by atoms with Crippen molar-refractivity contribution in [3.8, 4) is 0 Å². The van der Waals surface area contributed by atoms with Crippen LogP contribution in [-0.4, -0.2) is 25.4 Å². The predicted octanol–water partition coefficient (Wildman–Crippen LogP) is 3.00. The highest BCUT2D eigenvalue weighted by Gasteiger charge is 2.44. The number of primary amides is 1. The largest absolute Gasteiger partial charge is 0.449 e. The molecule has 9 heteroatoms. The lowest BCUT2D eigenvalue weighted by atomic mass is 10.1. The maximum atomic E-state index is 13.6. The second kappa shape index (κ2) is 5.21. The van der Waals surface area contributed by atoms with Gasteiger partial charge in [-0.3, -0.25) is 4.79 Å². The molecule has 1 aliphatic rings. The van der Waals surface area contributed by atoms with Crippen molar-refractivity contribution < 1.29 is 18.0 Å². The summed E-state index contributed by atoms with van der Waals surface area (Å²) in [5, 5.41) is 0.579. The van der Waals surface area contributed by atoms with Gasteiger partial charge in [0.05, 0.1) is 11.7 Å². The molecule has 1 amide bonds. The number of pyridine rings is 1. The predicted molar refractivity (Wildman–Crippen MR) is 84.5 cm³/mol. The Morgan fingerprint density at radius 1 is 1.40 bits per heavy atom. The molecule has 3 aromatic heterocycles. The SMILES string of the molecule is C[C@@H]1C[C@H](C(N)=O)C[C@@H]1n1c(C(F)(F)F)nc2cnc3[nH]ccc3c21. The van der Waals surface area contributed by atoms with Gasteiger partial charge in [-0.1, -0.05) is 6.92 Å². The highest BCUT2D eigenvalue weighted by molar-refractivity contribution is 6.01. The first-order valence-corrected chi connectivity index (χ1v) is 7.98. The number of nitrogens with one attached hydrogen (secondary N) is 1. The summed E-state index contributed by atoms with van der Waals surface area (Å²) in [6.45, 7) is 1.84. The Hall–Kier alpha value is -2.58. The summed E-state index contributed by atoms with van der Waals surface area (Å²) in [6.07, 6.45) is -0.888. The molecule has 4 rings (SSSR count). The van der Waals surface area contributed by atoms with E-state index in [1.165, 1.54) is 10.8 Å². The van der Waals surface area contributed by atoms with Crippen molar-refractivity contribution >= 4 is 28.0 Å². The fourth-order valence-corrected chi connectivity index (χ4v) is 3.93. The van der Waals surface area contributed by atoms with Gasteiger partial charge in [-0.15, -0.1) is 0 Å². The van der Waals surface area contributed by atoms with Crippen molar-refractivity contribution in [2.45, 2.75) is 32.0 Å². The molecule has 132 valence electrons. The monoisotopic (exact) mass is 351 g/mol. The van der Waals surface area contributed by atoms with E-state index >= 15 is 0 Å². The summed E-state index contributed by atoms with van der Waals surface area (Å²) in [4.78, 5) is 22.4. The lowest BCUT2D eigenvalue weighted by Crippen LogP contribution is -2.22. The Morgan fingerprint density at radius 3 is 2.80 bits per heavy atom. The number of carbonyl (C=O) groups is 1. The number of nitrogens with two attached hydrogens (primary N) is 1. The van der Waals surface area contributed by atoms with Crippen molar-refractivity contribution in [1.82, 2.24) is 19.5 Å². The number of amides is 1. The van der Waals surface area contributed by atoms with Crippen molar-refractivity contribution in [3.05, 3.63) is 24.3 Å². The Bertz CT molecular complexity index is 973. The van der Waals surface area contributed by atoms with Gasteiger partial charge in [0.1, 0.15) is 11.2 Å². The number of alkyl halides is 3. The smallest absolute Gasteiger partial charge is 0.369 e. The van der Waals surface area contributed by atoms with Gasteiger partial charge in [0.25, 0.3) is 0 Å². The van der Waals surface area contributed by atoms with Gasteiger partial charge >= 0.3 is 6.18 Å². The van der Waals surface area contributed by atoms with Crippen molar-refractivity contribution in [1.29, 1.82) is 0 Å². The van der Waals surface area contributed by atoms with E-state index in [2.05, 4.69) is 15.0 Å². The van der Waals surface area contributed by atoms with Crippen LogP contribution in [0.3, 0.4) is 0 Å². The van der Waals surface area contributed by atoms with E-state index in [0.717, 1.165) is 0 Å². The zero-order chi connectivity index (χ0) is 17.9. The third-order valence-corrected chi connectivity index (χ3v) is 5.06. The first kappa shape index (κ1) is 15.9. The van der Waals surface area contributed by atoms with Gasteiger partial charge in [0.2, 0.25) is 11.7 Å². The molecule has 25 heavy (non-hydrogen) atoms. The molecule has 3 aromatic rings. The van der Waals surface area contributed by atoms with Gasteiger partial charge in [0.15, 0.2) is 0 Å². The van der Waals surface area contributed by atoms with E-state index < -0.39 is 29.9 Å². The van der Waals surface area contributed by atoms with E-state index in [0.29, 0.717) is 23.0 Å². The minimum Gasteiger partial charge on any atom is -0.369 e. The minimum atomic E-state index is -4.60. The fourth-order valence-electron chi connectivity index (χ4n) is 3.93. The average Bonchev–Trinajstić information content (AvgIpc) is 3.19. The van der Waals surface area contributed by atoms with Crippen molar-refractivity contribution in [3.63, 3.8) is 0 Å². The van der Waals surface area contributed by atoms with E-state index in [1.807, 2.05) is 6.92 Å². The van der Waals surface area contributed by atoms with Gasteiger partial charge < -0.3 is 15.3 Å². The maximum Gasteiger partial charge on any atom is 0.449 e. The number of H-pyrrole nitrogens is 1. The second-order valence-corrected chi connectivity index (χ2v) is 6.65. The molecule has 3 atom stereocenters. The van der Waals surface area contributed by atoms with E-state index in [4.69, 9.17) is 5.73 Å². The molecule has 3 heterocycles. The minimum absolute atomic E-state index is 0.127. The van der Waals surface area contributed by atoms with Crippen LogP contribution in [0.5, 0.6) is 0 Å². The third kappa shape index (κ3) is 2.37. The highest BCUT2D eigenvalue weighted by atomic mass is 19.4. The number of nitrogens with zero attached hydrogens (tertiary/aromatic N) is 3. The van der Waals surface area contributed by atoms with Crippen LogP contribution in [0, 0.1) is 11.8 Å². The fraction of sp³-hybridized carbons (Fsp3) is 0.438. The summed E-state index contributed by atoms with van der Waals surface area (Å²) >= 11 is 0. The number of aromatic amines is 1. The average molecular weight is 351 g/mol. The Balaban J connectivity index is 2.00. The number of imidazole rings is 1. The molecular weight excluding hydrogens is 335 g/mol. The van der Waals surface area contributed by atoms with Crippen LogP contribution in [-0.2, 0) is 11.0 Å². The van der Waals surface area contributed by atoms with Gasteiger partial charge in [-0.25, -0.2) is 9.97 Å². The molecule has 3 N–H and O–H groups in total. The highest BCUT2D eigenvalue weighted by Crippen LogP contribution is 2.45. The maximum absolute atomic E-state index is 13.6. The molecule has 1 aliphatic carbocycles. The molecular formula is C16H16F3N5O. The molecule has 0 radical (unpaired) electrons. The summed E-state index contributed by atoms with van der Waals surface area (Å²) in [7, 11) is 0. The molecule has 0 saturated heterocycles. The van der Waals surface area contributed by atoms with Gasteiger partial charge in [0, 0.05) is 23.5 Å². The summed E-state index contributed by atoms with van der Waals surface area (Å²) in [5.74, 6) is -1.99. The van der Waals surface area contributed by atoms with E-state index in [1.54, 1.807) is 12.3 Å². The normalized spacial score (nSPS) is 24.4.